The lowest BCUT2D eigenvalue weighted by Gasteiger charge is -2.13. The van der Waals surface area contributed by atoms with Crippen molar-refractivity contribution in [2.75, 3.05) is 21.3 Å². The molecule has 0 spiro atoms. The zero-order valence-electron chi connectivity index (χ0n) is 20.2. The van der Waals surface area contributed by atoms with E-state index in [1.54, 1.807) is 66.7 Å². The van der Waals surface area contributed by atoms with Crippen LogP contribution in [0.15, 0.2) is 77.4 Å². The van der Waals surface area contributed by atoms with Crippen LogP contribution in [0.1, 0.15) is 16.7 Å². The van der Waals surface area contributed by atoms with Gasteiger partial charge in [0.25, 0.3) is 0 Å². The third-order valence-electron chi connectivity index (χ3n) is 5.24. The van der Waals surface area contributed by atoms with Crippen LogP contribution in [0.3, 0.4) is 0 Å². The van der Waals surface area contributed by atoms with Gasteiger partial charge in [0.05, 0.1) is 21.3 Å². The van der Waals surface area contributed by atoms with E-state index in [0.717, 1.165) is 5.56 Å². The van der Waals surface area contributed by atoms with E-state index in [1.807, 2.05) is 0 Å². The maximum atomic E-state index is 12.6. The molecule has 0 atom stereocenters. The quantitative estimate of drug-likeness (QED) is 0.225. The first-order valence-electron chi connectivity index (χ1n) is 11.0. The Hall–Kier alpha value is -4.56. The molecule has 3 aromatic carbocycles. The Morgan fingerprint density at radius 2 is 1.59 bits per heavy atom. The minimum Gasteiger partial charge on any atom is -0.493 e. The first-order chi connectivity index (χ1) is 17.9. The molecule has 188 valence electrons. The van der Waals surface area contributed by atoms with Gasteiger partial charge in [-0.25, -0.2) is 14.6 Å². The molecule has 0 fully saturated rings. The van der Waals surface area contributed by atoms with Crippen molar-refractivity contribution < 1.29 is 33.3 Å². The van der Waals surface area contributed by atoms with Crippen LogP contribution in [-0.4, -0.2) is 39.2 Å². The van der Waals surface area contributed by atoms with Crippen LogP contribution in [0.25, 0.3) is 12.2 Å². The van der Waals surface area contributed by atoms with E-state index in [0.29, 0.717) is 33.4 Å². The van der Waals surface area contributed by atoms with E-state index in [2.05, 4.69) is 4.99 Å². The van der Waals surface area contributed by atoms with Crippen LogP contribution < -0.4 is 18.9 Å². The van der Waals surface area contributed by atoms with Crippen LogP contribution in [0.4, 0.5) is 0 Å². The molecular weight excluding hydrogens is 498 g/mol. The maximum Gasteiger partial charge on any atom is 0.363 e. The second-order valence-corrected chi connectivity index (χ2v) is 8.03. The number of carbonyl (C=O) groups is 2. The van der Waals surface area contributed by atoms with Crippen molar-refractivity contribution in [2.24, 2.45) is 4.99 Å². The predicted octanol–water partition coefficient (Wildman–Crippen LogP) is 5.33. The number of benzene rings is 3. The lowest BCUT2D eigenvalue weighted by Crippen LogP contribution is -2.07. The van der Waals surface area contributed by atoms with Crippen molar-refractivity contribution in [1.29, 1.82) is 0 Å². The Labute approximate surface area is 218 Å². The molecule has 1 heterocycles. The fraction of sp³-hybridized carbons (Fsp3) is 0.107. The number of esters is 2. The molecule has 0 aliphatic carbocycles. The minimum atomic E-state index is -0.660. The highest BCUT2D eigenvalue weighted by molar-refractivity contribution is 6.30. The van der Waals surface area contributed by atoms with E-state index in [4.69, 9.17) is 35.3 Å². The summed E-state index contributed by atoms with van der Waals surface area (Å²) in [5, 5.41) is 0.600. The monoisotopic (exact) mass is 519 g/mol. The topological polar surface area (TPSA) is 92.7 Å². The number of hydrogen-bond acceptors (Lipinski definition) is 8. The summed E-state index contributed by atoms with van der Waals surface area (Å²) in [6.45, 7) is 0. The SMILES string of the molecule is COc1cc(C2=N/C(=C\c3ccccc3OC(=O)/C=C/c3ccc(Cl)cc3)C(=O)O2)cc(OC)c1OC. The maximum absolute atomic E-state index is 12.6. The van der Waals surface area contributed by atoms with Crippen molar-refractivity contribution in [1.82, 2.24) is 0 Å². The minimum absolute atomic E-state index is 0.0314. The van der Waals surface area contributed by atoms with Crippen LogP contribution in [0.5, 0.6) is 23.0 Å². The second-order valence-electron chi connectivity index (χ2n) is 7.59. The van der Waals surface area contributed by atoms with Gasteiger partial charge in [-0.15, -0.1) is 0 Å². The smallest absolute Gasteiger partial charge is 0.363 e. The zero-order valence-corrected chi connectivity index (χ0v) is 20.9. The van der Waals surface area contributed by atoms with Gasteiger partial charge in [-0.3, -0.25) is 0 Å². The number of hydrogen-bond donors (Lipinski definition) is 0. The molecular formula is C28H22ClNO7. The lowest BCUT2D eigenvalue weighted by molar-refractivity contribution is -0.130. The summed E-state index contributed by atoms with van der Waals surface area (Å²) in [7, 11) is 4.46. The summed E-state index contributed by atoms with van der Waals surface area (Å²) >= 11 is 5.88. The highest BCUT2D eigenvalue weighted by Gasteiger charge is 2.27. The fourth-order valence-electron chi connectivity index (χ4n) is 3.46. The van der Waals surface area contributed by atoms with Crippen molar-refractivity contribution >= 4 is 41.6 Å². The first kappa shape index (κ1) is 25.5. The molecule has 9 heteroatoms. The van der Waals surface area contributed by atoms with Gasteiger partial charge in [0.1, 0.15) is 5.75 Å². The molecule has 0 N–H and O–H groups in total. The molecule has 1 aliphatic rings. The third kappa shape index (κ3) is 5.99. The summed E-state index contributed by atoms with van der Waals surface area (Å²) in [5.74, 6) is 0.244. The molecule has 0 bridgehead atoms. The Kier molecular flexibility index (Phi) is 7.90. The van der Waals surface area contributed by atoms with Gasteiger partial charge in [0.15, 0.2) is 17.2 Å². The van der Waals surface area contributed by atoms with Crippen LogP contribution in [0, 0.1) is 0 Å². The summed E-state index contributed by atoms with van der Waals surface area (Å²) in [6.07, 6.45) is 4.40. The van der Waals surface area contributed by atoms with E-state index in [9.17, 15) is 9.59 Å². The molecule has 0 unspecified atom stereocenters. The number of rotatable bonds is 8. The van der Waals surface area contributed by atoms with Crippen molar-refractivity contribution in [3.8, 4) is 23.0 Å². The average molecular weight is 520 g/mol. The fourth-order valence-corrected chi connectivity index (χ4v) is 3.58. The van der Waals surface area contributed by atoms with Gasteiger partial charge in [-0.05, 0) is 48.0 Å². The summed E-state index contributed by atoms with van der Waals surface area (Å²) in [6, 6.07) is 17.0. The Morgan fingerprint density at radius 1 is 0.919 bits per heavy atom. The molecule has 0 saturated heterocycles. The van der Waals surface area contributed by atoms with E-state index >= 15 is 0 Å². The number of aliphatic imine (C=N–C) groups is 1. The molecule has 0 radical (unpaired) electrons. The summed E-state index contributed by atoms with van der Waals surface area (Å²) in [5.41, 5.74) is 1.75. The zero-order chi connectivity index (χ0) is 26.4. The first-order valence-corrected chi connectivity index (χ1v) is 11.4. The number of ether oxygens (including phenoxy) is 5. The van der Waals surface area contributed by atoms with Gasteiger partial charge in [0, 0.05) is 22.2 Å². The lowest BCUT2D eigenvalue weighted by atomic mass is 10.1. The number of para-hydroxylation sites is 1. The van der Waals surface area contributed by atoms with Crippen LogP contribution >= 0.6 is 11.6 Å². The van der Waals surface area contributed by atoms with E-state index < -0.39 is 11.9 Å². The van der Waals surface area contributed by atoms with E-state index in [-0.39, 0.29) is 17.3 Å². The third-order valence-corrected chi connectivity index (χ3v) is 5.49. The molecule has 0 amide bonds. The molecule has 0 aromatic heterocycles. The van der Waals surface area contributed by atoms with Gasteiger partial charge in [-0.1, -0.05) is 41.9 Å². The number of carbonyl (C=O) groups excluding carboxylic acids is 2. The van der Waals surface area contributed by atoms with Crippen molar-refractivity contribution in [2.45, 2.75) is 0 Å². The highest BCUT2D eigenvalue weighted by Crippen LogP contribution is 2.39. The Balaban J connectivity index is 1.58. The number of nitrogens with zero attached hydrogens (tertiary/aromatic N) is 1. The van der Waals surface area contributed by atoms with Crippen molar-refractivity contribution in [3.05, 3.63) is 94.1 Å². The summed E-state index contributed by atoms with van der Waals surface area (Å²) in [4.78, 5) is 29.3. The molecule has 1 aliphatic heterocycles. The molecule has 8 nitrogen and oxygen atoms in total. The number of halogens is 1. The van der Waals surface area contributed by atoms with Gasteiger partial charge >= 0.3 is 11.9 Å². The normalized spacial score (nSPS) is 13.9. The van der Waals surface area contributed by atoms with Crippen LogP contribution in [-0.2, 0) is 14.3 Å². The second kappa shape index (κ2) is 11.5. The predicted molar refractivity (Wildman–Crippen MR) is 139 cm³/mol. The van der Waals surface area contributed by atoms with Gasteiger partial charge < -0.3 is 23.7 Å². The molecule has 3 aromatic rings. The van der Waals surface area contributed by atoms with Gasteiger partial charge in [0.2, 0.25) is 11.6 Å². The molecule has 37 heavy (non-hydrogen) atoms. The average Bonchev–Trinajstić information content (AvgIpc) is 3.28. The Bertz CT molecular complexity index is 1400. The Morgan fingerprint density at radius 3 is 2.24 bits per heavy atom. The standard InChI is InChI=1S/C28H22ClNO7/c1-33-23-15-19(16-24(34-2)26(23)35-3)27-30-21(28(32)37-27)14-18-6-4-5-7-22(18)36-25(31)13-10-17-8-11-20(29)12-9-17/h4-16H,1-3H3/b13-10+,21-14-. The van der Waals surface area contributed by atoms with Crippen LogP contribution in [0.2, 0.25) is 5.02 Å². The van der Waals surface area contributed by atoms with Crippen molar-refractivity contribution in [3.63, 3.8) is 0 Å². The summed E-state index contributed by atoms with van der Waals surface area (Å²) < 4.78 is 26.9. The van der Waals surface area contributed by atoms with Gasteiger partial charge in [-0.2, -0.15) is 0 Å². The highest BCUT2D eigenvalue weighted by atomic mass is 35.5. The molecule has 4 rings (SSSR count). The largest absolute Gasteiger partial charge is 0.493 e. The number of methoxy groups -OCH3 is 3. The molecule has 0 saturated carbocycles. The number of cyclic esters (lactones) is 1. The van der Waals surface area contributed by atoms with E-state index in [1.165, 1.54) is 33.5 Å².